The Kier molecular flexibility index (Phi) is 9.26. The highest BCUT2D eigenvalue weighted by molar-refractivity contribution is 6.05. The van der Waals surface area contributed by atoms with Crippen LogP contribution in [0.25, 0.3) is 0 Å². The molecular formula is C31H30N2O5. The fourth-order valence-electron chi connectivity index (χ4n) is 3.37. The van der Waals surface area contributed by atoms with Gasteiger partial charge in [0.15, 0.2) is 0 Å². The number of nitrogens with one attached hydrogen (secondary N) is 2. The Morgan fingerprint density at radius 1 is 0.684 bits per heavy atom. The van der Waals surface area contributed by atoms with Crippen LogP contribution < -0.4 is 15.4 Å². The zero-order chi connectivity index (χ0) is 27.7. The van der Waals surface area contributed by atoms with Crippen LogP contribution in [0.3, 0.4) is 0 Å². The molecule has 4 aromatic carbocycles. The minimum Gasteiger partial charge on any atom is -0.506 e. The third-order valence-corrected chi connectivity index (χ3v) is 5.27. The largest absolute Gasteiger partial charge is 0.506 e. The van der Waals surface area contributed by atoms with Gasteiger partial charge in [0.1, 0.15) is 23.0 Å². The molecule has 0 aliphatic rings. The number of carbonyl (C=O) groups excluding carboxylic acids is 2. The second-order valence-corrected chi connectivity index (χ2v) is 8.51. The lowest BCUT2D eigenvalue weighted by Crippen LogP contribution is -2.12. The fourth-order valence-corrected chi connectivity index (χ4v) is 3.37. The Bertz CT molecular complexity index is 1320. The standard InChI is InChI=1S/C28H24N2O5.C3H6/c1-17-3-13-25(31)23(15-17)29-27(33)19-5-9-21(10-6-19)35-22-11-7-20(8-12-22)28(34)30-24-16-18(2)4-14-26(24)32;1-3-2/h3-16,31-32H,1-2H3,(H,29,33)(H,30,34);3H,1H2,2H3. The van der Waals surface area contributed by atoms with Crippen molar-refractivity contribution in [1.82, 2.24) is 0 Å². The molecule has 0 bridgehead atoms. The van der Waals surface area contributed by atoms with Gasteiger partial charge in [-0.2, -0.15) is 0 Å². The summed E-state index contributed by atoms with van der Waals surface area (Å²) in [4.78, 5) is 25.0. The van der Waals surface area contributed by atoms with Crippen LogP contribution in [0, 0.1) is 13.8 Å². The lowest BCUT2D eigenvalue weighted by atomic mass is 10.1. The van der Waals surface area contributed by atoms with E-state index < -0.39 is 0 Å². The van der Waals surface area contributed by atoms with E-state index in [2.05, 4.69) is 17.2 Å². The monoisotopic (exact) mass is 510 g/mol. The number of rotatable bonds is 6. The van der Waals surface area contributed by atoms with Gasteiger partial charge in [0.2, 0.25) is 0 Å². The van der Waals surface area contributed by atoms with Gasteiger partial charge in [-0.1, -0.05) is 18.2 Å². The van der Waals surface area contributed by atoms with Crippen molar-refractivity contribution in [2.24, 2.45) is 0 Å². The van der Waals surface area contributed by atoms with E-state index in [4.69, 9.17) is 4.74 Å². The zero-order valence-electron chi connectivity index (χ0n) is 21.5. The molecule has 38 heavy (non-hydrogen) atoms. The van der Waals surface area contributed by atoms with E-state index >= 15 is 0 Å². The van der Waals surface area contributed by atoms with Gasteiger partial charge in [0.05, 0.1) is 11.4 Å². The SMILES string of the molecule is C=CC.Cc1ccc(O)c(NC(=O)c2ccc(Oc3ccc(C(=O)Nc4cc(C)ccc4O)cc3)cc2)c1. The molecule has 0 unspecified atom stereocenters. The Hall–Kier alpha value is -5.04. The smallest absolute Gasteiger partial charge is 0.255 e. The van der Waals surface area contributed by atoms with Crippen molar-refractivity contribution in [3.8, 4) is 23.0 Å². The lowest BCUT2D eigenvalue weighted by molar-refractivity contribution is 0.101. The Morgan fingerprint density at radius 2 is 1.03 bits per heavy atom. The maximum atomic E-state index is 12.5. The molecule has 7 nitrogen and oxygen atoms in total. The number of hydrogen-bond acceptors (Lipinski definition) is 5. The van der Waals surface area contributed by atoms with Crippen LogP contribution in [0.4, 0.5) is 11.4 Å². The Labute approximate surface area is 222 Å². The van der Waals surface area contributed by atoms with Crippen molar-refractivity contribution in [2.45, 2.75) is 20.8 Å². The molecule has 4 rings (SSSR count). The number of aromatic hydroxyl groups is 2. The number of benzene rings is 4. The van der Waals surface area contributed by atoms with Crippen molar-refractivity contribution in [1.29, 1.82) is 0 Å². The van der Waals surface area contributed by atoms with E-state index in [9.17, 15) is 19.8 Å². The summed E-state index contributed by atoms with van der Waals surface area (Å²) in [5, 5.41) is 25.2. The first-order valence-electron chi connectivity index (χ1n) is 11.9. The van der Waals surface area contributed by atoms with Crippen LogP contribution in [-0.2, 0) is 0 Å². The number of phenols is 2. The molecule has 194 valence electrons. The second kappa shape index (κ2) is 12.8. The summed E-state index contributed by atoms with van der Waals surface area (Å²) < 4.78 is 5.81. The molecule has 4 aromatic rings. The molecule has 0 saturated carbocycles. The molecule has 0 aliphatic carbocycles. The first kappa shape index (κ1) is 27.5. The number of amides is 2. The minimum atomic E-state index is -0.354. The molecular weight excluding hydrogens is 480 g/mol. The molecule has 2 amide bonds. The number of allylic oxidation sites excluding steroid dienone is 1. The average Bonchev–Trinajstić information content (AvgIpc) is 2.89. The molecule has 0 radical (unpaired) electrons. The van der Waals surface area contributed by atoms with E-state index in [-0.39, 0.29) is 23.3 Å². The Morgan fingerprint density at radius 3 is 1.37 bits per heavy atom. The van der Waals surface area contributed by atoms with E-state index in [1.54, 1.807) is 78.9 Å². The van der Waals surface area contributed by atoms with E-state index in [1.807, 2.05) is 20.8 Å². The molecule has 0 aromatic heterocycles. The topological polar surface area (TPSA) is 108 Å². The molecule has 0 fully saturated rings. The fraction of sp³-hybridized carbons (Fsp3) is 0.0968. The summed E-state index contributed by atoms with van der Waals surface area (Å²) in [6.45, 7) is 8.99. The summed E-state index contributed by atoms with van der Waals surface area (Å²) in [5.74, 6) is 0.317. The number of carbonyl (C=O) groups is 2. The summed E-state index contributed by atoms with van der Waals surface area (Å²) >= 11 is 0. The van der Waals surface area contributed by atoms with E-state index in [1.165, 1.54) is 12.1 Å². The minimum absolute atomic E-state index is 0.00304. The maximum absolute atomic E-state index is 12.5. The third kappa shape index (κ3) is 7.48. The quantitative estimate of drug-likeness (QED) is 0.162. The van der Waals surface area contributed by atoms with Crippen LogP contribution in [0.2, 0.25) is 0 Å². The summed E-state index contributed by atoms with van der Waals surface area (Å²) in [6, 6.07) is 23.1. The predicted molar refractivity (Wildman–Crippen MR) is 150 cm³/mol. The highest BCUT2D eigenvalue weighted by atomic mass is 16.5. The zero-order valence-corrected chi connectivity index (χ0v) is 21.5. The van der Waals surface area contributed by atoms with Gasteiger partial charge in [0, 0.05) is 11.1 Å². The van der Waals surface area contributed by atoms with Gasteiger partial charge in [-0.25, -0.2) is 0 Å². The second-order valence-electron chi connectivity index (χ2n) is 8.51. The summed E-state index contributed by atoms with van der Waals surface area (Å²) in [5.41, 5.74) is 3.33. The van der Waals surface area contributed by atoms with Crippen LogP contribution in [0.15, 0.2) is 97.6 Å². The highest BCUT2D eigenvalue weighted by Crippen LogP contribution is 2.27. The van der Waals surface area contributed by atoms with Crippen LogP contribution in [0.1, 0.15) is 38.8 Å². The molecule has 0 spiro atoms. The lowest BCUT2D eigenvalue weighted by Gasteiger charge is -2.10. The van der Waals surface area contributed by atoms with Crippen LogP contribution >= 0.6 is 0 Å². The average molecular weight is 511 g/mol. The van der Waals surface area contributed by atoms with Gasteiger partial charge in [-0.05, 0) is 105 Å². The molecule has 0 saturated heterocycles. The van der Waals surface area contributed by atoms with Gasteiger partial charge < -0.3 is 25.6 Å². The van der Waals surface area contributed by atoms with Crippen molar-refractivity contribution < 1.29 is 24.5 Å². The predicted octanol–water partition coefficient (Wildman–Crippen LogP) is 7.20. The number of phenolic OH excluding ortho intramolecular Hbond substituents is 2. The highest BCUT2D eigenvalue weighted by Gasteiger charge is 2.11. The first-order chi connectivity index (χ1) is 18.2. The number of ether oxygens (including phenoxy) is 1. The van der Waals surface area contributed by atoms with Crippen LogP contribution in [0.5, 0.6) is 23.0 Å². The van der Waals surface area contributed by atoms with Crippen molar-refractivity contribution in [3.63, 3.8) is 0 Å². The normalized spacial score (nSPS) is 9.97. The van der Waals surface area contributed by atoms with Gasteiger partial charge in [-0.3, -0.25) is 9.59 Å². The molecule has 7 heteroatoms. The van der Waals surface area contributed by atoms with E-state index in [0.29, 0.717) is 34.0 Å². The van der Waals surface area contributed by atoms with Gasteiger partial charge in [-0.15, -0.1) is 6.58 Å². The van der Waals surface area contributed by atoms with Gasteiger partial charge >= 0.3 is 0 Å². The van der Waals surface area contributed by atoms with Crippen molar-refractivity contribution >= 4 is 23.2 Å². The number of anilines is 2. The maximum Gasteiger partial charge on any atom is 0.255 e. The third-order valence-electron chi connectivity index (χ3n) is 5.27. The first-order valence-corrected chi connectivity index (χ1v) is 11.9. The van der Waals surface area contributed by atoms with Gasteiger partial charge in [0.25, 0.3) is 11.8 Å². The number of hydrogen-bond donors (Lipinski definition) is 4. The molecule has 0 aliphatic heterocycles. The molecule has 0 heterocycles. The Balaban J connectivity index is 0.00000127. The molecule has 4 N–H and O–H groups in total. The van der Waals surface area contributed by atoms with Crippen LogP contribution in [-0.4, -0.2) is 22.0 Å². The van der Waals surface area contributed by atoms with E-state index in [0.717, 1.165) is 11.1 Å². The van der Waals surface area contributed by atoms with Crippen molar-refractivity contribution in [3.05, 3.63) is 120 Å². The molecule has 0 atom stereocenters. The number of aryl methyl sites for hydroxylation is 2. The summed E-state index contributed by atoms with van der Waals surface area (Å²) in [6.07, 6.45) is 1.75. The van der Waals surface area contributed by atoms with Crippen molar-refractivity contribution in [2.75, 3.05) is 10.6 Å². The summed E-state index contributed by atoms with van der Waals surface area (Å²) in [7, 11) is 0.